The molecule has 0 aliphatic heterocycles. The summed E-state index contributed by atoms with van der Waals surface area (Å²) in [4.78, 5) is 19.3. The number of benzene rings is 1. The Morgan fingerprint density at radius 1 is 1.21 bits per heavy atom. The zero-order valence-corrected chi connectivity index (χ0v) is 15.1. The summed E-state index contributed by atoms with van der Waals surface area (Å²) in [6.45, 7) is 2.03. The van der Waals surface area contributed by atoms with E-state index in [0.717, 1.165) is 5.56 Å². The van der Waals surface area contributed by atoms with Crippen LogP contribution in [0.4, 0.5) is 0 Å². The maximum Gasteiger partial charge on any atom is 0.259 e. The molecule has 0 atom stereocenters. The third-order valence-electron chi connectivity index (χ3n) is 4.39. The number of amides is 1. The molecule has 4 rings (SSSR count). The summed E-state index contributed by atoms with van der Waals surface area (Å²) in [5, 5.41) is 13.7. The number of aryl methyl sites for hydroxylation is 1. The second-order valence-electron chi connectivity index (χ2n) is 6.29. The molecule has 0 radical (unpaired) electrons. The molecule has 3 aromatic heterocycles. The maximum absolute atomic E-state index is 13.4. The monoisotopic (exact) mass is 372 g/mol. The van der Waals surface area contributed by atoms with E-state index >= 15 is 0 Å². The van der Waals surface area contributed by atoms with Crippen molar-refractivity contribution in [3.05, 3.63) is 71.6 Å². The lowest BCUT2D eigenvalue weighted by Gasteiger charge is -2.20. The van der Waals surface area contributed by atoms with Crippen LogP contribution in [0.3, 0.4) is 0 Å². The van der Waals surface area contributed by atoms with Crippen molar-refractivity contribution in [3.8, 4) is 17.5 Å². The Balaban J connectivity index is 1.80. The summed E-state index contributed by atoms with van der Waals surface area (Å²) >= 11 is 0. The van der Waals surface area contributed by atoms with Crippen LogP contribution in [-0.2, 0) is 6.54 Å². The van der Waals surface area contributed by atoms with Gasteiger partial charge in [0.2, 0.25) is 0 Å². The first-order chi connectivity index (χ1) is 13.7. The second-order valence-corrected chi connectivity index (χ2v) is 6.29. The van der Waals surface area contributed by atoms with E-state index in [-0.39, 0.29) is 18.2 Å². The fourth-order valence-corrected chi connectivity index (χ4v) is 3.07. The van der Waals surface area contributed by atoms with Crippen LogP contribution < -0.4 is 0 Å². The lowest BCUT2D eigenvalue weighted by molar-refractivity contribution is 0.0767. The molecule has 0 spiro atoms. The Morgan fingerprint density at radius 3 is 2.75 bits per heavy atom. The Hall–Kier alpha value is -3.92. The van der Waals surface area contributed by atoms with Gasteiger partial charge >= 0.3 is 0 Å². The van der Waals surface area contributed by atoms with Gasteiger partial charge in [-0.25, -0.2) is 4.98 Å². The van der Waals surface area contributed by atoms with Crippen LogP contribution in [0.25, 0.3) is 22.6 Å². The summed E-state index contributed by atoms with van der Waals surface area (Å²) in [6.07, 6.45) is 1.53. The molecule has 1 amide bonds. The number of carbonyl (C=O) groups excluding carboxylic acids is 1. The van der Waals surface area contributed by atoms with Crippen molar-refractivity contribution in [1.82, 2.24) is 15.0 Å². The van der Waals surface area contributed by atoms with Crippen molar-refractivity contribution in [2.45, 2.75) is 13.5 Å². The highest BCUT2D eigenvalue weighted by atomic mass is 16.5. The number of hydrogen-bond acceptors (Lipinski definition) is 6. The quantitative estimate of drug-likeness (QED) is 0.492. The van der Waals surface area contributed by atoms with E-state index in [1.54, 1.807) is 25.1 Å². The number of hydrogen-bond donors (Lipinski definition) is 0. The first-order valence-corrected chi connectivity index (χ1v) is 8.68. The summed E-state index contributed by atoms with van der Waals surface area (Å²) in [7, 11) is 0. The number of nitriles is 1. The highest BCUT2D eigenvalue weighted by Crippen LogP contribution is 2.28. The molecule has 0 N–H and O–H groups in total. The van der Waals surface area contributed by atoms with Crippen LogP contribution in [0.5, 0.6) is 0 Å². The van der Waals surface area contributed by atoms with Gasteiger partial charge in [0, 0.05) is 6.54 Å². The number of aromatic nitrogens is 2. The molecule has 0 saturated carbocycles. The van der Waals surface area contributed by atoms with E-state index in [1.807, 2.05) is 30.3 Å². The molecular weight excluding hydrogens is 356 g/mol. The fourth-order valence-electron chi connectivity index (χ4n) is 3.07. The first-order valence-electron chi connectivity index (χ1n) is 8.68. The van der Waals surface area contributed by atoms with Gasteiger partial charge in [-0.3, -0.25) is 4.79 Å². The summed E-state index contributed by atoms with van der Waals surface area (Å²) in [5.74, 6) is 0.219. The molecule has 0 unspecified atom stereocenters. The minimum atomic E-state index is -0.295. The van der Waals surface area contributed by atoms with Crippen LogP contribution in [0.1, 0.15) is 21.6 Å². The lowest BCUT2D eigenvalue weighted by Crippen LogP contribution is -2.31. The van der Waals surface area contributed by atoms with E-state index in [4.69, 9.17) is 8.94 Å². The second kappa shape index (κ2) is 7.37. The zero-order chi connectivity index (χ0) is 19.5. The predicted molar refractivity (Wildman–Crippen MR) is 101 cm³/mol. The number of carbonyl (C=O) groups is 1. The number of furan rings is 1. The van der Waals surface area contributed by atoms with Crippen LogP contribution in [-0.4, -0.2) is 27.5 Å². The average molecular weight is 372 g/mol. The van der Waals surface area contributed by atoms with Crippen molar-refractivity contribution >= 4 is 17.0 Å². The predicted octanol–water partition coefficient (Wildman–Crippen LogP) is 3.96. The summed E-state index contributed by atoms with van der Waals surface area (Å²) in [6, 6.07) is 16.7. The van der Waals surface area contributed by atoms with Gasteiger partial charge < -0.3 is 13.8 Å². The topological polar surface area (TPSA) is 96.2 Å². The van der Waals surface area contributed by atoms with Gasteiger partial charge in [0.1, 0.15) is 12.2 Å². The minimum Gasteiger partial charge on any atom is -0.463 e. The van der Waals surface area contributed by atoms with Gasteiger partial charge in [0.05, 0.1) is 29.0 Å². The molecule has 1 aromatic carbocycles. The van der Waals surface area contributed by atoms with Crippen LogP contribution in [0.15, 0.2) is 63.7 Å². The van der Waals surface area contributed by atoms with E-state index in [2.05, 4.69) is 16.2 Å². The summed E-state index contributed by atoms with van der Waals surface area (Å²) < 4.78 is 10.7. The molecule has 0 aliphatic rings. The highest BCUT2D eigenvalue weighted by molar-refractivity contribution is 6.06. The van der Waals surface area contributed by atoms with E-state index in [0.29, 0.717) is 34.6 Å². The van der Waals surface area contributed by atoms with Gasteiger partial charge in [0.15, 0.2) is 5.76 Å². The van der Waals surface area contributed by atoms with Crippen LogP contribution >= 0.6 is 0 Å². The molecule has 3 heterocycles. The third kappa shape index (κ3) is 3.23. The van der Waals surface area contributed by atoms with Crippen molar-refractivity contribution in [2.75, 3.05) is 6.54 Å². The van der Waals surface area contributed by atoms with E-state index < -0.39 is 0 Å². The van der Waals surface area contributed by atoms with Gasteiger partial charge in [-0.15, -0.1) is 0 Å². The van der Waals surface area contributed by atoms with Crippen molar-refractivity contribution in [1.29, 1.82) is 5.26 Å². The number of nitrogens with zero attached hydrogens (tertiary/aromatic N) is 4. The first kappa shape index (κ1) is 17.5. The van der Waals surface area contributed by atoms with E-state index in [1.165, 1.54) is 11.2 Å². The Kier molecular flexibility index (Phi) is 4.60. The maximum atomic E-state index is 13.4. The molecule has 7 heteroatoms. The third-order valence-corrected chi connectivity index (χ3v) is 4.39. The van der Waals surface area contributed by atoms with Gasteiger partial charge in [-0.05, 0) is 30.7 Å². The standard InChI is InChI=1S/C21H16N4O3/c1-14-19-16(12-17(18-8-5-11-27-18)23-20(19)28-24-14)21(26)25(10-9-22)13-15-6-3-2-4-7-15/h2-8,11-12H,10,13H2,1H3. The molecule has 28 heavy (non-hydrogen) atoms. The smallest absolute Gasteiger partial charge is 0.259 e. The molecule has 0 bridgehead atoms. The van der Waals surface area contributed by atoms with E-state index in [9.17, 15) is 10.1 Å². The molecule has 4 aromatic rings. The van der Waals surface area contributed by atoms with Crippen LogP contribution in [0.2, 0.25) is 0 Å². The van der Waals surface area contributed by atoms with Crippen molar-refractivity contribution in [2.24, 2.45) is 0 Å². The Labute approximate surface area is 160 Å². The lowest BCUT2D eigenvalue weighted by atomic mass is 10.1. The van der Waals surface area contributed by atoms with Crippen molar-refractivity contribution < 1.29 is 13.7 Å². The SMILES string of the molecule is Cc1noc2nc(-c3ccco3)cc(C(=O)N(CC#N)Cc3ccccc3)c12. The van der Waals surface area contributed by atoms with Crippen molar-refractivity contribution in [3.63, 3.8) is 0 Å². The summed E-state index contributed by atoms with van der Waals surface area (Å²) in [5.41, 5.74) is 2.60. The minimum absolute atomic E-state index is 0.0437. The number of fused-ring (bicyclic) bond motifs is 1. The zero-order valence-electron chi connectivity index (χ0n) is 15.1. The Bertz CT molecular complexity index is 1160. The van der Waals surface area contributed by atoms with Gasteiger partial charge in [-0.2, -0.15) is 5.26 Å². The van der Waals surface area contributed by atoms with Crippen LogP contribution in [0, 0.1) is 18.3 Å². The largest absolute Gasteiger partial charge is 0.463 e. The Morgan fingerprint density at radius 2 is 2.04 bits per heavy atom. The molecule has 0 fully saturated rings. The fraction of sp³-hybridized carbons (Fsp3) is 0.143. The molecule has 0 aliphatic carbocycles. The van der Waals surface area contributed by atoms with Gasteiger partial charge in [0.25, 0.3) is 11.6 Å². The molecule has 0 saturated heterocycles. The normalized spacial score (nSPS) is 10.7. The number of pyridine rings is 1. The average Bonchev–Trinajstić information content (AvgIpc) is 3.38. The highest BCUT2D eigenvalue weighted by Gasteiger charge is 2.24. The molecule has 138 valence electrons. The van der Waals surface area contributed by atoms with Gasteiger partial charge in [-0.1, -0.05) is 35.5 Å². The number of rotatable bonds is 5. The molecule has 7 nitrogen and oxygen atoms in total. The molecular formula is C21H16N4O3.